The highest BCUT2D eigenvalue weighted by molar-refractivity contribution is 5.31. The van der Waals surface area contributed by atoms with Gasteiger partial charge in [0.1, 0.15) is 11.5 Å². The van der Waals surface area contributed by atoms with E-state index in [0.29, 0.717) is 0 Å². The van der Waals surface area contributed by atoms with E-state index in [4.69, 9.17) is 4.74 Å². The third-order valence-electron chi connectivity index (χ3n) is 3.22. The molecule has 0 aromatic heterocycles. The lowest BCUT2D eigenvalue weighted by molar-refractivity contribution is 0.412. The molecule has 0 bridgehead atoms. The lowest BCUT2D eigenvalue weighted by Crippen LogP contribution is -2.00. The summed E-state index contributed by atoms with van der Waals surface area (Å²) in [6, 6.07) is 16.6. The van der Waals surface area contributed by atoms with Crippen LogP contribution < -0.4 is 4.74 Å². The number of benzene rings is 2. The fraction of sp³-hybridized carbons (Fsp3) is 0.222. The Labute approximate surface area is 115 Å². The normalized spacial score (nSPS) is 11.4. The van der Waals surface area contributed by atoms with Crippen LogP contribution in [0.5, 0.6) is 5.75 Å². The topological polar surface area (TPSA) is 9.23 Å². The summed E-state index contributed by atoms with van der Waals surface area (Å²) in [7, 11) is 0. The van der Waals surface area contributed by atoms with Crippen LogP contribution in [-0.2, 0) is 6.42 Å². The monoisotopic (exact) mass is 252 g/mol. The summed E-state index contributed by atoms with van der Waals surface area (Å²) in [6.07, 6.45) is 2.86. The van der Waals surface area contributed by atoms with Crippen LogP contribution in [0.2, 0.25) is 0 Å². The Morgan fingerprint density at radius 1 is 1.00 bits per heavy atom. The first-order valence-electron chi connectivity index (χ1n) is 6.63. The molecule has 0 saturated carbocycles. The number of ether oxygens (including phenoxy) is 1. The first-order valence-corrected chi connectivity index (χ1v) is 6.63. The Balaban J connectivity index is 2.10. The summed E-state index contributed by atoms with van der Waals surface area (Å²) >= 11 is 0. The van der Waals surface area contributed by atoms with Gasteiger partial charge in [-0.2, -0.15) is 0 Å². The van der Waals surface area contributed by atoms with Crippen LogP contribution in [0.3, 0.4) is 0 Å². The molecule has 2 rings (SSSR count). The average Bonchev–Trinajstić information content (AvgIpc) is 2.43. The van der Waals surface area contributed by atoms with Gasteiger partial charge in [0, 0.05) is 6.42 Å². The van der Waals surface area contributed by atoms with Crippen molar-refractivity contribution >= 4 is 0 Å². The molecule has 0 fully saturated rings. The first-order chi connectivity index (χ1) is 9.19. The molecule has 0 N–H and O–H groups in total. The van der Waals surface area contributed by atoms with E-state index in [1.54, 1.807) is 0 Å². The van der Waals surface area contributed by atoms with Crippen molar-refractivity contribution in [1.29, 1.82) is 0 Å². The molecule has 0 aliphatic rings. The van der Waals surface area contributed by atoms with Gasteiger partial charge in [-0.25, -0.2) is 0 Å². The standard InChI is InChI=1S/C18H20O/c1-4-17(13-16-8-6-5-7-15(16)3)19-18-11-9-14(2)10-12-18/h4-12H,13H2,1-3H3/b17-4-. The molecule has 0 saturated heterocycles. The summed E-state index contributed by atoms with van der Waals surface area (Å²) in [5.74, 6) is 1.88. The molecular formula is C18H20O. The molecule has 1 heteroatoms. The molecule has 0 atom stereocenters. The van der Waals surface area contributed by atoms with Gasteiger partial charge in [0.15, 0.2) is 0 Å². The van der Waals surface area contributed by atoms with Crippen molar-refractivity contribution in [1.82, 2.24) is 0 Å². The third-order valence-corrected chi connectivity index (χ3v) is 3.22. The Morgan fingerprint density at radius 2 is 1.68 bits per heavy atom. The van der Waals surface area contributed by atoms with Crippen molar-refractivity contribution < 1.29 is 4.74 Å². The third kappa shape index (κ3) is 3.72. The van der Waals surface area contributed by atoms with E-state index in [2.05, 4.69) is 50.2 Å². The van der Waals surface area contributed by atoms with E-state index in [1.807, 2.05) is 25.1 Å². The number of aryl methyl sites for hydroxylation is 2. The Hall–Kier alpha value is -2.02. The van der Waals surface area contributed by atoms with E-state index in [9.17, 15) is 0 Å². The molecule has 0 aliphatic carbocycles. The highest BCUT2D eigenvalue weighted by atomic mass is 16.5. The number of hydrogen-bond acceptors (Lipinski definition) is 1. The van der Waals surface area contributed by atoms with Crippen LogP contribution in [0, 0.1) is 13.8 Å². The van der Waals surface area contributed by atoms with Crippen molar-refractivity contribution in [3.8, 4) is 5.75 Å². The Kier molecular flexibility index (Phi) is 4.40. The molecule has 98 valence electrons. The summed E-state index contributed by atoms with van der Waals surface area (Å²) in [6.45, 7) is 6.23. The van der Waals surface area contributed by atoms with E-state index in [0.717, 1.165) is 17.9 Å². The maximum Gasteiger partial charge on any atom is 0.126 e. The SMILES string of the molecule is C/C=C(/Cc1ccccc1C)Oc1ccc(C)cc1. The van der Waals surface area contributed by atoms with E-state index >= 15 is 0 Å². The quantitative estimate of drug-likeness (QED) is 0.708. The zero-order valence-corrected chi connectivity index (χ0v) is 11.8. The molecule has 2 aromatic carbocycles. The van der Waals surface area contributed by atoms with E-state index in [1.165, 1.54) is 16.7 Å². The fourth-order valence-electron chi connectivity index (χ4n) is 1.95. The largest absolute Gasteiger partial charge is 0.462 e. The molecule has 19 heavy (non-hydrogen) atoms. The summed E-state index contributed by atoms with van der Waals surface area (Å²) < 4.78 is 5.94. The van der Waals surface area contributed by atoms with Crippen LogP contribution in [0.15, 0.2) is 60.4 Å². The highest BCUT2D eigenvalue weighted by Crippen LogP contribution is 2.18. The fourth-order valence-corrected chi connectivity index (χ4v) is 1.95. The second-order valence-electron chi connectivity index (χ2n) is 4.77. The summed E-state index contributed by atoms with van der Waals surface area (Å²) in [5, 5.41) is 0. The van der Waals surface area contributed by atoms with Crippen molar-refractivity contribution in [2.75, 3.05) is 0 Å². The van der Waals surface area contributed by atoms with Crippen LogP contribution in [0.1, 0.15) is 23.6 Å². The smallest absolute Gasteiger partial charge is 0.126 e. The number of rotatable bonds is 4. The Morgan fingerprint density at radius 3 is 2.32 bits per heavy atom. The molecule has 2 aromatic rings. The van der Waals surface area contributed by atoms with Gasteiger partial charge in [0.25, 0.3) is 0 Å². The molecule has 0 aliphatic heterocycles. The molecular weight excluding hydrogens is 232 g/mol. The van der Waals surface area contributed by atoms with Gasteiger partial charge in [-0.05, 0) is 50.1 Å². The van der Waals surface area contributed by atoms with Gasteiger partial charge in [-0.3, -0.25) is 0 Å². The second-order valence-corrected chi connectivity index (χ2v) is 4.77. The predicted molar refractivity (Wildman–Crippen MR) is 80.4 cm³/mol. The minimum Gasteiger partial charge on any atom is -0.462 e. The lowest BCUT2D eigenvalue weighted by Gasteiger charge is -2.11. The summed E-state index contributed by atoms with van der Waals surface area (Å²) in [5.41, 5.74) is 3.85. The second kappa shape index (κ2) is 6.24. The molecule has 0 heterocycles. The first kappa shape index (κ1) is 13.4. The number of hydrogen-bond donors (Lipinski definition) is 0. The van der Waals surface area contributed by atoms with Crippen LogP contribution in [0.4, 0.5) is 0 Å². The molecule has 0 spiro atoms. The van der Waals surface area contributed by atoms with Gasteiger partial charge < -0.3 is 4.74 Å². The zero-order valence-electron chi connectivity index (χ0n) is 11.8. The average molecular weight is 252 g/mol. The van der Waals surface area contributed by atoms with Gasteiger partial charge in [0.05, 0.1) is 0 Å². The van der Waals surface area contributed by atoms with E-state index in [-0.39, 0.29) is 0 Å². The minimum atomic E-state index is 0.830. The van der Waals surface area contributed by atoms with Gasteiger partial charge in [-0.1, -0.05) is 42.0 Å². The van der Waals surface area contributed by atoms with Crippen LogP contribution in [0.25, 0.3) is 0 Å². The molecule has 0 radical (unpaired) electrons. The van der Waals surface area contributed by atoms with Crippen LogP contribution >= 0.6 is 0 Å². The van der Waals surface area contributed by atoms with Crippen molar-refractivity contribution in [3.05, 3.63) is 77.1 Å². The van der Waals surface area contributed by atoms with Crippen molar-refractivity contribution in [2.45, 2.75) is 27.2 Å². The molecule has 0 unspecified atom stereocenters. The highest BCUT2D eigenvalue weighted by Gasteiger charge is 2.04. The maximum atomic E-state index is 5.94. The van der Waals surface area contributed by atoms with Crippen molar-refractivity contribution in [2.24, 2.45) is 0 Å². The Bertz CT molecular complexity index is 564. The van der Waals surface area contributed by atoms with E-state index < -0.39 is 0 Å². The molecule has 0 amide bonds. The number of allylic oxidation sites excluding steroid dienone is 2. The minimum absolute atomic E-state index is 0.830. The maximum absolute atomic E-state index is 5.94. The van der Waals surface area contributed by atoms with Crippen LogP contribution in [-0.4, -0.2) is 0 Å². The predicted octanol–water partition coefficient (Wildman–Crippen LogP) is 4.83. The lowest BCUT2D eigenvalue weighted by atomic mass is 10.0. The zero-order chi connectivity index (χ0) is 13.7. The van der Waals surface area contributed by atoms with Crippen molar-refractivity contribution in [3.63, 3.8) is 0 Å². The van der Waals surface area contributed by atoms with Gasteiger partial charge >= 0.3 is 0 Å². The van der Waals surface area contributed by atoms with Gasteiger partial charge in [-0.15, -0.1) is 0 Å². The summed E-state index contributed by atoms with van der Waals surface area (Å²) in [4.78, 5) is 0. The molecule has 1 nitrogen and oxygen atoms in total. The van der Waals surface area contributed by atoms with Gasteiger partial charge in [0.2, 0.25) is 0 Å².